The fourth-order valence-electron chi connectivity index (χ4n) is 1.20. The van der Waals surface area contributed by atoms with Crippen LogP contribution in [-0.2, 0) is 13.6 Å². The van der Waals surface area contributed by atoms with E-state index in [2.05, 4.69) is 17.3 Å². The van der Waals surface area contributed by atoms with Gasteiger partial charge in [0.2, 0.25) is 0 Å². The monoisotopic (exact) mass is 183 g/mol. The molecule has 1 heterocycles. The van der Waals surface area contributed by atoms with Crippen molar-refractivity contribution >= 4 is 0 Å². The summed E-state index contributed by atoms with van der Waals surface area (Å²) in [6, 6.07) is 0. The van der Waals surface area contributed by atoms with Gasteiger partial charge in [-0.2, -0.15) is 5.10 Å². The fourth-order valence-corrected chi connectivity index (χ4v) is 1.20. The summed E-state index contributed by atoms with van der Waals surface area (Å²) in [4.78, 5) is 0. The molecule has 0 spiro atoms. The predicted octanol–water partition coefficient (Wildman–Crippen LogP) is 0.928. The number of hydrogen-bond acceptors (Lipinski definition) is 3. The smallest absolute Gasteiger partial charge is 0.161 e. The van der Waals surface area contributed by atoms with E-state index in [9.17, 15) is 0 Å². The van der Waals surface area contributed by atoms with Crippen molar-refractivity contribution in [2.75, 3.05) is 13.7 Å². The van der Waals surface area contributed by atoms with Crippen molar-refractivity contribution < 1.29 is 4.74 Å². The lowest BCUT2D eigenvalue weighted by Crippen LogP contribution is -2.16. The van der Waals surface area contributed by atoms with Crippen LogP contribution in [0.15, 0.2) is 6.20 Å². The van der Waals surface area contributed by atoms with Crippen molar-refractivity contribution in [3.8, 4) is 5.75 Å². The Kier molecular flexibility index (Phi) is 3.76. The number of aromatic nitrogens is 2. The highest BCUT2D eigenvalue weighted by Gasteiger charge is 2.06. The molecule has 74 valence electrons. The lowest BCUT2D eigenvalue weighted by Gasteiger charge is -2.05. The van der Waals surface area contributed by atoms with Gasteiger partial charge >= 0.3 is 0 Å². The first-order valence-electron chi connectivity index (χ1n) is 4.55. The van der Waals surface area contributed by atoms with Crippen molar-refractivity contribution in [2.24, 2.45) is 7.05 Å². The summed E-state index contributed by atoms with van der Waals surface area (Å²) in [6.07, 6.45) is 2.88. The van der Waals surface area contributed by atoms with Gasteiger partial charge in [-0.15, -0.1) is 0 Å². The Morgan fingerprint density at radius 1 is 1.62 bits per heavy atom. The van der Waals surface area contributed by atoms with Gasteiger partial charge in [-0.1, -0.05) is 6.92 Å². The van der Waals surface area contributed by atoms with Crippen LogP contribution in [0.2, 0.25) is 0 Å². The topological polar surface area (TPSA) is 39.1 Å². The van der Waals surface area contributed by atoms with Crippen molar-refractivity contribution in [3.05, 3.63) is 11.9 Å². The molecule has 0 saturated heterocycles. The Morgan fingerprint density at radius 2 is 2.38 bits per heavy atom. The van der Waals surface area contributed by atoms with Gasteiger partial charge in [-0.3, -0.25) is 4.68 Å². The highest BCUT2D eigenvalue weighted by Crippen LogP contribution is 2.15. The minimum Gasteiger partial charge on any atom is -0.493 e. The fraction of sp³-hybridized carbons (Fsp3) is 0.667. The Labute approximate surface area is 78.9 Å². The third kappa shape index (κ3) is 2.45. The Morgan fingerprint density at radius 3 is 3.00 bits per heavy atom. The standard InChI is InChI=1S/C9H17N3O/c1-4-5-10-6-8-9(13-3)7-11-12(8)2/h7,10H,4-6H2,1-3H3. The first-order chi connectivity index (χ1) is 6.29. The SMILES string of the molecule is CCCNCc1c(OC)cnn1C. The van der Waals surface area contributed by atoms with Crippen molar-refractivity contribution in [3.63, 3.8) is 0 Å². The molecule has 0 aliphatic rings. The lowest BCUT2D eigenvalue weighted by atomic mass is 10.3. The van der Waals surface area contributed by atoms with Crippen LogP contribution in [0.1, 0.15) is 19.0 Å². The van der Waals surface area contributed by atoms with E-state index in [-0.39, 0.29) is 0 Å². The maximum Gasteiger partial charge on any atom is 0.161 e. The van der Waals surface area contributed by atoms with Crippen molar-refractivity contribution in [2.45, 2.75) is 19.9 Å². The highest BCUT2D eigenvalue weighted by atomic mass is 16.5. The molecule has 13 heavy (non-hydrogen) atoms. The zero-order valence-electron chi connectivity index (χ0n) is 8.50. The summed E-state index contributed by atoms with van der Waals surface area (Å²) in [7, 11) is 3.59. The number of methoxy groups -OCH3 is 1. The second kappa shape index (κ2) is 4.87. The quantitative estimate of drug-likeness (QED) is 0.690. The largest absolute Gasteiger partial charge is 0.493 e. The normalized spacial score (nSPS) is 10.4. The average molecular weight is 183 g/mol. The maximum absolute atomic E-state index is 5.17. The number of aryl methyl sites for hydroxylation is 1. The molecule has 0 aromatic carbocycles. The molecular formula is C9H17N3O. The van der Waals surface area contributed by atoms with Gasteiger partial charge in [-0.05, 0) is 13.0 Å². The van der Waals surface area contributed by atoms with E-state index in [1.165, 1.54) is 0 Å². The first kappa shape index (κ1) is 10.1. The van der Waals surface area contributed by atoms with E-state index in [1.54, 1.807) is 13.3 Å². The van der Waals surface area contributed by atoms with Gasteiger partial charge in [0.05, 0.1) is 19.0 Å². The van der Waals surface area contributed by atoms with Crippen LogP contribution in [0, 0.1) is 0 Å². The summed E-state index contributed by atoms with van der Waals surface area (Å²) in [6.45, 7) is 3.98. The summed E-state index contributed by atoms with van der Waals surface area (Å²) in [5, 5.41) is 7.43. The highest BCUT2D eigenvalue weighted by molar-refractivity contribution is 5.24. The van der Waals surface area contributed by atoms with Gasteiger partial charge < -0.3 is 10.1 Å². The van der Waals surface area contributed by atoms with Crippen LogP contribution in [-0.4, -0.2) is 23.4 Å². The second-order valence-corrected chi connectivity index (χ2v) is 2.96. The molecule has 1 N–H and O–H groups in total. The molecule has 1 aromatic heterocycles. The molecule has 0 aliphatic carbocycles. The van der Waals surface area contributed by atoms with Crippen LogP contribution in [0.5, 0.6) is 5.75 Å². The van der Waals surface area contributed by atoms with Gasteiger partial charge in [0, 0.05) is 13.6 Å². The summed E-state index contributed by atoms with van der Waals surface area (Å²) in [5.41, 5.74) is 1.09. The van der Waals surface area contributed by atoms with Gasteiger partial charge in [0.25, 0.3) is 0 Å². The lowest BCUT2D eigenvalue weighted by molar-refractivity contribution is 0.405. The minimum atomic E-state index is 0.813. The zero-order valence-corrected chi connectivity index (χ0v) is 8.50. The summed E-state index contributed by atoms with van der Waals surface area (Å²) < 4.78 is 7.01. The van der Waals surface area contributed by atoms with Crippen molar-refractivity contribution in [1.82, 2.24) is 15.1 Å². The van der Waals surface area contributed by atoms with Crippen LogP contribution in [0.25, 0.3) is 0 Å². The second-order valence-electron chi connectivity index (χ2n) is 2.96. The predicted molar refractivity (Wildman–Crippen MR) is 51.8 cm³/mol. The molecule has 0 fully saturated rings. The maximum atomic E-state index is 5.17. The van der Waals surface area contributed by atoms with E-state index in [0.29, 0.717) is 0 Å². The summed E-state index contributed by atoms with van der Waals surface area (Å²) in [5.74, 6) is 0.853. The summed E-state index contributed by atoms with van der Waals surface area (Å²) >= 11 is 0. The van der Waals surface area contributed by atoms with E-state index in [0.717, 1.165) is 31.0 Å². The Balaban J connectivity index is 2.57. The van der Waals surface area contributed by atoms with Crippen LogP contribution in [0.3, 0.4) is 0 Å². The van der Waals surface area contributed by atoms with Gasteiger partial charge in [0.1, 0.15) is 0 Å². The molecule has 4 nitrogen and oxygen atoms in total. The molecule has 0 aliphatic heterocycles. The molecular weight excluding hydrogens is 166 g/mol. The van der Waals surface area contributed by atoms with Gasteiger partial charge in [-0.25, -0.2) is 0 Å². The molecule has 0 atom stereocenters. The molecule has 0 saturated carbocycles. The van der Waals surface area contributed by atoms with E-state index >= 15 is 0 Å². The molecule has 4 heteroatoms. The molecule has 0 bridgehead atoms. The minimum absolute atomic E-state index is 0.813. The number of nitrogens with zero attached hydrogens (tertiary/aromatic N) is 2. The average Bonchev–Trinajstić information content (AvgIpc) is 2.48. The number of nitrogens with one attached hydrogen (secondary N) is 1. The molecule has 0 amide bonds. The number of ether oxygens (including phenoxy) is 1. The van der Waals surface area contributed by atoms with Crippen LogP contribution >= 0.6 is 0 Å². The van der Waals surface area contributed by atoms with Crippen LogP contribution in [0.4, 0.5) is 0 Å². The molecule has 0 unspecified atom stereocenters. The Bertz CT molecular complexity index is 257. The number of rotatable bonds is 5. The molecule has 1 aromatic rings. The van der Waals surface area contributed by atoms with Crippen LogP contribution < -0.4 is 10.1 Å². The van der Waals surface area contributed by atoms with E-state index in [4.69, 9.17) is 4.74 Å². The molecule has 0 radical (unpaired) electrons. The molecule has 1 rings (SSSR count). The van der Waals surface area contributed by atoms with Gasteiger partial charge in [0.15, 0.2) is 5.75 Å². The zero-order chi connectivity index (χ0) is 9.68. The van der Waals surface area contributed by atoms with Crippen molar-refractivity contribution in [1.29, 1.82) is 0 Å². The third-order valence-electron chi connectivity index (χ3n) is 1.96. The first-order valence-corrected chi connectivity index (χ1v) is 4.55. The third-order valence-corrected chi connectivity index (χ3v) is 1.96. The Hall–Kier alpha value is -1.03. The number of hydrogen-bond donors (Lipinski definition) is 1. The van der Waals surface area contributed by atoms with E-state index < -0.39 is 0 Å². The van der Waals surface area contributed by atoms with E-state index in [1.807, 2.05) is 11.7 Å².